The number of hydrogen-bond acceptors (Lipinski definition) is 2. The van der Waals surface area contributed by atoms with Gasteiger partial charge >= 0.3 is 0 Å². The minimum atomic E-state index is -0.454. The SMILES string of the molecule is NC1CCCC1C(=O)NCc1ccc(F)c(Cl)c1. The van der Waals surface area contributed by atoms with Crippen molar-refractivity contribution in [2.24, 2.45) is 11.7 Å². The summed E-state index contributed by atoms with van der Waals surface area (Å²) in [6.07, 6.45) is 2.75. The quantitative estimate of drug-likeness (QED) is 0.885. The largest absolute Gasteiger partial charge is 0.352 e. The number of nitrogens with one attached hydrogen (secondary N) is 1. The Hall–Kier alpha value is -1.13. The van der Waals surface area contributed by atoms with Crippen LogP contribution in [0.4, 0.5) is 4.39 Å². The maximum atomic E-state index is 13.0. The summed E-state index contributed by atoms with van der Waals surface area (Å²) >= 11 is 5.67. The molecule has 1 aliphatic rings. The van der Waals surface area contributed by atoms with Crippen molar-refractivity contribution in [1.29, 1.82) is 0 Å². The van der Waals surface area contributed by atoms with Crippen molar-refractivity contribution in [3.63, 3.8) is 0 Å². The molecule has 1 saturated carbocycles. The molecule has 1 amide bonds. The van der Waals surface area contributed by atoms with E-state index in [0.717, 1.165) is 24.8 Å². The number of amides is 1. The Bertz CT molecular complexity index is 453. The summed E-state index contributed by atoms with van der Waals surface area (Å²) in [6, 6.07) is 4.38. The van der Waals surface area contributed by atoms with E-state index < -0.39 is 5.82 Å². The van der Waals surface area contributed by atoms with Crippen LogP contribution in [0, 0.1) is 11.7 Å². The number of carbonyl (C=O) groups excluding carboxylic acids is 1. The third kappa shape index (κ3) is 3.00. The first-order chi connectivity index (χ1) is 8.58. The molecular weight excluding hydrogens is 255 g/mol. The highest BCUT2D eigenvalue weighted by atomic mass is 35.5. The lowest BCUT2D eigenvalue weighted by molar-refractivity contribution is -0.125. The molecule has 1 aromatic rings. The number of halogens is 2. The van der Waals surface area contributed by atoms with Gasteiger partial charge < -0.3 is 11.1 Å². The molecule has 0 aromatic heterocycles. The van der Waals surface area contributed by atoms with E-state index in [2.05, 4.69) is 5.32 Å². The predicted octanol–water partition coefficient (Wildman–Crippen LogP) is 2.22. The van der Waals surface area contributed by atoms with Gasteiger partial charge in [0.05, 0.1) is 10.9 Å². The van der Waals surface area contributed by atoms with E-state index in [1.54, 1.807) is 6.07 Å². The van der Waals surface area contributed by atoms with Gasteiger partial charge in [-0.15, -0.1) is 0 Å². The van der Waals surface area contributed by atoms with Crippen LogP contribution in [-0.2, 0) is 11.3 Å². The van der Waals surface area contributed by atoms with Gasteiger partial charge in [-0.3, -0.25) is 4.79 Å². The topological polar surface area (TPSA) is 55.1 Å². The Morgan fingerprint density at radius 2 is 2.28 bits per heavy atom. The van der Waals surface area contributed by atoms with E-state index in [1.165, 1.54) is 12.1 Å². The predicted molar refractivity (Wildman–Crippen MR) is 68.6 cm³/mol. The molecule has 1 aromatic carbocycles. The molecule has 0 saturated heterocycles. The monoisotopic (exact) mass is 270 g/mol. The zero-order chi connectivity index (χ0) is 13.1. The van der Waals surface area contributed by atoms with Gasteiger partial charge in [0.25, 0.3) is 0 Å². The summed E-state index contributed by atoms with van der Waals surface area (Å²) in [5, 5.41) is 2.89. The fourth-order valence-corrected chi connectivity index (χ4v) is 2.49. The summed E-state index contributed by atoms with van der Waals surface area (Å²) in [7, 11) is 0. The molecule has 5 heteroatoms. The van der Waals surface area contributed by atoms with Crippen LogP contribution < -0.4 is 11.1 Å². The first-order valence-electron chi connectivity index (χ1n) is 6.05. The molecule has 3 nitrogen and oxygen atoms in total. The Kier molecular flexibility index (Phi) is 4.19. The van der Waals surface area contributed by atoms with Crippen LogP contribution in [0.2, 0.25) is 5.02 Å². The molecule has 98 valence electrons. The van der Waals surface area contributed by atoms with E-state index in [-0.39, 0.29) is 22.9 Å². The van der Waals surface area contributed by atoms with Crippen LogP contribution >= 0.6 is 11.6 Å². The van der Waals surface area contributed by atoms with E-state index in [1.807, 2.05) is 0 Å². The van der Waals surface area contributed by atoms with Gasteiger partial charge in [0.2, 0.25) is 5.91 Å². The van der Waals surface area contributed by atoms with Crippen LogP contribution in [0.25, 0.3) is 0 Å². The summed E-state index contributed by atoms with van der Waals surface area (Å²) in [4.78, 5) is 11.9. The van der Waals surface area contributed by atoms with E-state index in [0.29, 0.717) is 6.54 Å². The molecule has 3 N–H and O–H groups in total. The third-order valence-electron chi connectivity index (χ3n) is 3.36. The smallest absolute Gasteiger partial charge is 0.224 e. The van der Waals surface area contributed by atoms with Crippen LogP contribution in [0.15, 0.2) is 18.2 Å². The molecule has 18 heavy (non-hydrogen) atoms. The molecule has 2 unspecified atom stereocenters. The van der Waals surface area contributed by atoms with Crippen LogP contribution in [0.1, 0.15) is 24.8 Å². The molecule has 2 atom stereocenters. The number of rotatable bonds is 3. The molecule has 0 radical (unpaired) electrons. The fraction of sp³-hybridized carbons (Fsp3) is 0.462. The van der Waals surface area contributed by atoms with E-state index in [4.69, 9.17) is 17.3 Å². The summed E-state index contributed by atoms with van der Waals surface area (Å²) in [5.41, 5.74) is 6.64. The van der Waals surface area contributed by atoms with Gasteiger partial charge in [0.15, 0.2) is 0 Å². The lowest BCUT2D eigenvalue weighted by atomic mass is 10.0. The van der Waals surface area contributed by atoms with Gasteiger partial charge in [-0.1, -0.05) is 24.1 Å². The second-order valence-electron chi connectivity index (χ2n) is 4.67. The van der Waals surface area contributed by atoms with Gasteiger partial charge in [-0.2, -0.15) is 0 Å². The van der Waals surface area contributed by atoms with Gasteiger partial charge in [0, 0.05) is 12.6 Å². The average Bonchev–Trinajstić information content (AvgIpc) is 2.77. The second-order valence-corrected chi connectivity index (χ2v) is 5.07. The molecule has 0 bridgehead atoms. The lowest BCUT2D eigenvalue weighted by Gasteiger charge is -2.15. The number of carbonyl (C=O) groups is 1. The minimum absolute atomic E-state index is 0.0274. The van der Waals surface area contributed by atoms with Crippen molar-refractivity contribution in [3.05, 3.63) is 34.6 Å². The first kappa shape index (κ1) is 13.3. The maximum Gasteiger partial charge on any atom is 0.224 e. The molecule has 0 spiro atoms. The Balaban J connectivity index is 1.91. The zero-order valence-electron chi connectivity index (χ0n) is 9.96. The highest BCUT2D eigenvalue weighted by Crippen LogP contribution is 2.24. The van der Waals surface area contributed by atoms with Crippen molar-refractivity contribution in [2.75, 3.05) is 0 Å². The second kappa shape index (κ2) is 5.67. The minimum Gasteiger partial charge on any atom is -0.352 e. The highest BCUT2D eigenvalue weighted by molar-refractivity contribution is 6.30. The first-order valence-corrected chi connectivity index (χ1v) is 6.43. The fourth-order valence-electron chi connectivity index (χ4n) is 2.28. The summed E-state index contributed by atoms with van der Waals surface area (Å²) < 4.78 is 13.0. The van der Waals surface area contributed by atoms with Crippen LogP contribution in [0.3, 0.4) is 0 Å². The van der Waals surface area contributed by atoms with Crippen molar-refractivity contribution in [1.82, 2.24) is 5.32 Å². The van der Waals surface area contributed by atoms with Crippen molar-refractivity contribution < 1.29 is 9.18 Å². The molecule has 1 fully saturated rings. The maximum absolute atomic E-state index is 13.0. The summed E-state index contributed by atoms with van der Waals surface area (Å²) in [5.74, 6) is -0.578. The number of benzene rings is 1. The van der Waals surface area contributed by atoms with Gasteiger partial charge in [0.1, 0.15) is 5.82 Å². The van der Waals surface area contributed by atoms with Crippen LogP contribution in [-0.4, -0.2) is 11.9 Å². The van der Waals surface area contributed by atoms with Crippen molar-refractivity contribution in [2.45, 2.75) is 31.8 Å². The average molecular weight is 271 g/mol. The Morgan fingerprint density at radius 1 is 1.50 bits per heavy atom. The Labute approximate surface area is 111 Å². The number of hydrogen-bond donors (Lipinski definition) is 2. The zero-order valence-corrected chi connectivity index (χ0v) is 10.7. The van der Waals surface area contributed by atoms with Crippen molar-refractivity contribution in [3.8, 4) is 0 Å². The number of nitrogens with two attached hydrogens (primary N) is 1. The molecule has 2 rings (SSSR count). The van der Waals surface area contributed by atoms with Gasteiger partial charge in [-0.25, -0.2) is 4.39 Å². The van der Waals surface area contributed by atoms with E-state index in [9.17, 15) is 9.18 Å². The highest BCUT2D eigenvalue weighted by Gasteiger charge is 2.29. The molecular formula is C13H16ClFN2O. The Morgan fingerprint density at radius 3 is 2.89 bits per heavy atom. The standard InChI is InChI=1S/C13H16ClFN2O/c14-10-6-8(4-5-11(10)15)7-17-13(18)9-2-1-3-12(9)16/h4-6,9,12H,1-3,7,16H2,(H,17,18). The molecule has 0 heterocycles. The molecule has 1 aliphatic carbocycles. The molecule has 0 aliphatic heterocycles. The lowest BCUT2D eigenvalue weighted by Crippen LogP contribution is -2.38. The summed E-state index contributed by atoms with van der Waals surface area (Å²) in [6.45, 7) is 0.349. The van der Waals surface area contributed by atoms with E-state index >= 15 is 0 Å². The third-order valence-corrected chi connectivity index (χ3v) is 3.65. The van der Waals surface area contributed by atoms with Gasteiger partial charge in [-0.05, 0) is 30.5 Å². The van der Waals surface area contributed by atoms with Crippen LogP contribution in [0.5, 0.6) is 0 Å². The normalized spacial score (nSPS) is 23.1. The van der Waals surface area contributed by atoms with Crippen molar-refractivity contribution >= 4 is 17.5 Å².